The smallest absolute Gasteiger partial charge is 0.266 e. The standard InChI is InChI=1S/C23H27ClF3N5O/c1-12(2)32-10-23(4,11-32)21(33)31-8-16-17(9-31)29-22(24)30-20(16)28-13(3)14-6-5-7-15(18(14)25)19(26)27/h5-7,12-13,19H,8-11H2,1-4H3,(H,28,29,30)/t13-/m1/s1. The number of amides is 1. The summed E-state index contributed by atoms with van der Waals surface area (Å²) in [5.41, 5.74) is 0.326. The van der Waals surface area contributed by atoms with E-state index in [1.54, 1.807) is 11.8 Å². The van der Waals surface area contributed by atoms with Crippen molar-refractivity contribution in [3.63, 3.8) is 0 Å². The van der Waals surface area contributed by atoms with Gasteiger partial charge in [0.15, 0.2) is 0 Å². The van der Waals surface area contributed by atoms with Crippen molar-refractivity contribution in [1.82, 2.24) is 19.8 Å². The molecule has 2 aliphatic rings. The first kappa shape index (κ1) is 23.8. The summed E-state index contributed by atoms with van der Waals surface area (Å²) in [6, 6.07) is 3.64. The predicted octanol–water partition coefficient (Wildman–Crippen LogP) is 4.95. The van der Waals surface area contributed by atoms with Crippen molar-refractivity contribution in [3.05, 3.63) is 51.7 Å². The van der Waals surface area contributed by atoms with Gasteiger partial charge < -0.3 is 10.2 Å². The predicted molar refractivity (Wildman–Crippen MR) is 120 cm³/mol. The molecule has 0 aliphatic carbocycles. The average Bonchev–Trinajstić information content (AvgIpc) is 3.14. The van der Waals surface area contributed by atoms with Gasteiger partial charge in [-0.15, -0.1) is 0 Å². The Bertz CT molecular complexity index is 1070. The number of anilines is 1. The molecule has 1 saturated heterocycles. The highest BCUT2D eigenvalue weighted by molar-refractivity contribution is 6.28. The minimum atomic E-state index is -2.91. The molecule has 0 unspecified atom stereocenters. The summed E-state index contributed by atoms with van der Waals surface area (Å²) in [4.78, 5) is 25.8. The maximum Gasteiger partial charge on any atom is 0.266 e. The number of alkyl halides is 2. The average molecular weight is 482 g/mol. The third-order valence-corrected chi connectivity index (χ3v) is 6.68. The van der Waals surface area contributed by atoms with Gasteiger partial charge in [-0.25, -0.2) is 23.1 Å². The number of carbonyl (C=O) groups excluding carboxylic acids is 1. The molecule has 0 saturated carbocycles. The lowest BCUT2D eigenvalue weighted by atomic mass is 9.79. The van der Waals surface area contributed by atoms with E-state index in [0.29, 0.717) is 49.3 Å². The van der Waals surface area contributed by atoms with Gasteiger partial charge in [-0.2, -0.15) is 0 Å². The van der Waals surface area contributed by atoms with Crippen LogP contribution in [-0.4, -0.2) is 44.8 Å². The summed E-state index contributed by atoms with van der Waals surface area (Å²) in [5.74, 6) is -0.533. The Morgan fingerprint density at radius 3 is 2.45 bits per heavy atom. The van der Waals surface area contributed by atoms with Gasteiger partial charge in [-0.05, 0) is 39.3 Å². The van der Waals surface area contributed by atoms with E-state index in [1.165, 1.54) is 12.1 Å². The van der Waals surface area contributed by atoms with Crippen LogP contribution in [0.3, 0.4) is 0 Å². The Morgan fingerprint density at radius 1 is 1.15 bits per heavy atom. The van der Waals surface area contributed by atoms with Crippen LogP contribution in [0.4, 0.5) is 19.0 Å². The van der Waals surface area contributed by atoms with Crippen molar-refractivity contribution in [2.24, 2.45) is 5.41 Å². The van der Waals surface area contributed by atoms with Crippen LogP contribution in [0.1, 0.15) is 62.5 Å². The lowest BCUT2D eigenvalue weighted by molar-refractivity contribution is -0.153. The van der Waals surface area contributed by atoms with Gasteiger partial charge in [-0.1, -0.05) is 18.2 Å². The summed E-state index contributed by atoms with van der Waals surface area (Å²) in [6.07, 6.45) is -2.91. The molecule has 0 radical (unpaired) electrons. The molecule has 33 heavy (non-hydrogen) atoms. The van der Waals surface area contributed by atoms with Crippen LogP contribution in [-0.2, 0) is 17.9 Å². The lowest BCUT2D eigenvalue weighted by Gasteiger charge is -2.50. The second-order valence-electron chi connectivity index (χ2n) is 9.40. The summed E-state index contributed by atoms with van der Waals surface area (Å²) >= 11 is 6.12. The monoisotopic (exact) mass is 481 g/mol. The van der Waals surface area contributed by atoms with Gasteiger partial charge in [0.05, 0.1) is 35.8 Å². The zero-order valence-corrected chi connectivity index (χ0v) is 19.8. The summed E-state index contributed by atoms with van der Waals surface area (Å²) < 4.78 is 40.8. The quantitative estimate of drug-likeness (QED) is 0.591. The van der Waals surface area contributed by atoms with Gasteiger partial charge in [0.25, 0.3) is 6.43 Å². The van der Waals surface area contributed by atoms with Crippen molar-refractivity contribution < 1.29 is 18.0 Å². The first-order chi connectivity index (χ1) is 15.5. The molecule has 1 fully saturated rings. The van der Waals surface area contributed by atoms with E-state index in [2.05, 4.69) is 34.0 Å². The molecule has 4 rings (SSSR count). The first-order valence-electron chi connectivity index (χ1n) is 10.9. The van der Waals surface area contributed by atoms with Crippen LogP contribution in [0.25, 0.3) is 0 Å². The van der Waals surface area contributed by atoms with E-state index in [4.69, 9.17) is 11.6 Å². The number of benzene rings is 1. The third-order valence-electron chi connectivity index (χ3n) is 6.51. The molecule has 6 nitrogen and oxygen atoms in total. The van der Waals surface area contributed by atoms with Crippen molar-refractivity contribution in [2.75, 3.05) is 18.4 Å². The number of rotatable bonds is 6. The number of hydrogen-bond donors (Lipinski definition) is 1. The molecule has 1 atom stereocenters. The molecule has 1 aromatic heterocycles. The summed E-state index contributed by atoms with van der Waals surface area (Å²) in [6.45, 7) is 9.84. The van der Waals surface area contributed by atoms with Gasteiger partial charge in [-0.3, -0.25) is 9.69 Å². The fraction of sp³-hybridized carbons (Fsp3) is 0.522. The maximum absolute atomic E-state index is 14.6. The van der Waals surface area contributed by atoms with Gasteiger partial charge >= 0.3 is 0 Å². The molecule has 1 aromatic carbocycles. The fourth-order valence-corrected chi connectivity index (χ4v) is 4.76. The Hall–Kier alpha value is -2.39. The molecule has 2 aromatic rings. The Kier molecular flexibility index (Phi) is 6.30. The molecule has 178 valence electrons. The SMILES string of the molecule is CC(C)N1CC(C)(C(=O)N2Cc3nc(Cl)nc(N[C@H](C)c4cccc(C(F)F)c4F)c3C2)C1. The van der Waals surface area contributed by atoms with Crippen LogP contribution in [0.15, 0.2) is 18.2 Å². The molecule has 10 heteroatoms. The topological polar surface area (TPSA) is 61.4 Å². The van der Waals surface area contributed by atoms with Crippen LogP contribution in [0.5, 0.6) is 0 Å². The molecule has 1 N–H and O–H groups in total. The van der Waals surface area contributed by atoms with Gasteiger partial charge in [0.1, 0.15) is 11.6 Å². The lowest BCUT2D eigenvalue weighted by Crippen LogP contribution is -2.63. The first-order valence-corrected chi connectivity index (χ1v) is 11.3. The molecule has 0 spiro atoms. The Morgan fingerprint density at radius 2 is 1.82 bits per heavy atom. The highest BCUT2D eigenvalue weighted by Crippen LogP contribution is 2.38. The summed E-state index contributed by atoms with van der Waals surface area (Å²) in [5, 5.41) is 3.09. The van der Waals surface area contributed by atoms with Crippen molar-refractivity contribution in [3.8, 4) is 0 Å². The van der Waals surface area contributed by atoms with Crippen molar-refractivity contribution in [1.29, 1.82) is 0 Å². The second-order valence-corrected chi connectivity index (χ2v) is 9.74. The highest BCUT2D eigenvalue weighted by atomic mass is 35.5. The number of aromatic nitrogens is 2. The zero-order chi connectivity index (χ0) is 24.1. The number of halogens is 4. The summed E-state index contributed by atoms with van der Waals surface area (Å²) in [7, 11) is 0. The van der Waals surface area contributed by atoms with Crippen LogP contribution >= 0.6 is 11.6 Å². The Balaban J connectivity index is 1.54. The van der Waals surface area contributed by atoms with E-state index in [1.807, 2.05) is 6.92 Å². The van der Waals surface area contributed by atoms with E-state index in [9.17, 15) is 18.0 Å². The zero-order valence-electron chi connectivity index (χ0n) is 19.0. The number of likely N-dealkylation sites (tertiary alicyclic amines) is 1. The van der Waals surface area contributed by atoms with Crippen molar-refractivity contribution in [2.45, 2.75) is 59.3 Å². The minimum absolute atomic E-state index is 0.000362. The third kappa shape index (κ3) is 4.40. The molecule has 1 amide bonds. The molecular formula is C23H27ClF3N5O. The largest absolute Gasteiger partial charge is 0.363 e. The molecular weight excluding hydrogens is 455 g/mol. The fourth-order valence-electron chi connectivity index (χ4n) is 4.57. The molecule has 2 aliphatic heterocycles. The van der Waals surface area contributed by atoms with Crippen molar-refractivity contribution >= 4 is 23.3 Å². The molecule has 3 heterocycles. The number of carbonyl (C=O) groups is 1. The Labute approximate surface area is 196 Å². The number of fused-ring (bicyclic) bond motifs is 1. The van der Waals surface area contributed by atoms with E-state index < -0.39 is 29.3 Å². The minimum Gasteiger partial charge on any atom is -0.363 e. The van der Waals surface area contributed by atoms with Crippen LogP contribution in [0.2, 0.25) is 5.28 Å². The normalized spacial score (nSPS) is 18.4. The maximum atomic E-state index is 14.6. The van der Waals surface area contributed by atoms with Crippen LogP contribution in [0, 0.1) is 11.2 Å². The van der Waals surface area contributed by atoms with E-state index in [0.717, 1.165) is 6.07 Å². The van der Waals surface area contributed by atoms with E-state index >= 15 is 0 Å². The van der Waals surface area contributed by atoms with Gasteiger partial charge in [0, 0.05) is 30.3 Å². The highest BCUT2D eigenvalue weighted by Gasteiger charge is 2.48. The number of nitrogens with zero attached hydrogens (tertiary/aromatic N) is 4. The van der Waals surface area contributed by atoms with E-state index in [-0.39, 0.29) is 16.8 Å². The second kappa shape index (κ2) is 8.76. The molecule has 0 bridgehead atoms. The van der Waals surface area contributed by atoms with Gasteiger partial charge in [0.2, 0.25) is 11.2 Å². The number of hydrogen-bond acceptors (Lipinski definition) is 5. The van der Waals surface area contributed by atoms with Crippen LogP contribution < -0.4 is 5.32 Å². The number of nitrogens with one attached hydrogen (secondary N) is 1.